The van der Waals surface area contributed by atoms with Crippen LogP contribution in [0.2, 0.25) is 18.1 Å². The molecule has 0 fully saturated rings. The van der Waals surface area contributed by atoms with Gasteiger partial charge in [0.05, 0.1) is 0 Å². The van der Waals surface area contributed by atoms with E-state index in [2.05, 4.69) is 44.9 Å². The minimum absolute atomic E-state index is 0.304. The highest BCUT2D eigenvalue weighted by molar-refractivity contribution is 6.74. The lowest BCUT2D eigenvalue weighted by atomic mass is 10.2. The van der Waals surface area contributed by atoms with Crippen molar-refractivity contribution in [2.45, 2.75) is 51.7 Å². The Morgan fingerprint density at radius 3 is 2.47 bits per heavy atom. The van der Waals surface area contributed by atoms with Gasteiger partial charge in [-0.3, -0.25) is 4.98 Å². The fraction of sp³-hybridized carbons (Fsp3) is 0.643. The van der Waals surface area contributed by atoms with Crippen molar-refractivity contribution in [1.82, 2.24) is 4.98 Å². The van der Waals surface area contributed by atoms with Gasteiger partial charge in [0, 0.05) is 18.5 Å². The van der Waals surface area contributed by atoms with Crippen molar-refractivity contribution in [1.29, 1.82) is 0 Å². The highest BCUT2D eigenvalue weighted by atomic mass is 28.4. The quantitative estimate of drug-likeness (QED) is 0.582. The molecule has 17 heavy (non-hydrogen) atoms. The lowest BCUT2D eigenvalue weighted by Crippen LogP contribution is -2.41. The zero-order chi connectivity index (χ0) is 12.9. The SMILES string of the molecule is CC(C)(C)[Si](C)(C)OCCCc1ccccn1. The number of pyridine rings is 1. The summed E-state index contributed by atoms with van der Waals surface area (Å²) in [5.41, 5.74) is 1.16. The van der Waals surface area contributed by atoms with Crippen LogP contribution in [0.4, 0.5) is 0 Å². The molecule has 2 nitrogen and oxygen atoms in total. The lowest BCUT2D eigenvalue weighted by molar-refractivity contribution is 0.282. The molecule has 0 saturated heterocycles. The summed E-state index contributed by atoms with van der Waals surface area (Å²) >= 11 is 0. The maximum Gasteiger partial charge on any atom is 0.191 e. The predicted molar refractivity (Wildman–Crippen MR) is 75.7 cm³/mol. The Labute approximate surface area is 107 Å². The summed E-state index contributed by atoms with van der Waals surface area (Å²) in [6.45, 7) is 12.3. The first-order valence-electron chi connectivity index (χ1n) is 6.37. The minimum Gasteiger partial charge on any atom is -0.417 e. The summed E-state index contributed by atoms with van der Waals surface area (Å²) in [6, 6.07) is 6.07. The van der Waals surface area contributed by atoms with Gasteiger partial charge in [0.2, 0.25) is 0 Å². The Kier molecular flexibility index (Phi) is 4.89. The predicted octanol–water partition coefficient (Wildman–Crippen LogP) is 4.04. The van der Waals surface area contributed by atoms with Crippen LogP contribution >= 0.6 is 0 Å². The van der Waals surface area contributed by atoms with Gasteiger partial charge < -0.3 is 4.43 Å². The van der Waals surface area contributed by atoms with Crippen LogP contribution in [0.5, 0.6) is 0 Å². The molecule has 0 aliphatic carbocycles. The Bertz CT molecular complexity index is 330. The zero-order valence-corrected chi connectivity index (χ0v) is 12.8. The maximum atomic E-state index is 6.13. The second kappa shape index (κ2) is 5.78. The van der Waals surface area contributed by atoms with Gasteiger partial charge in [0.1, 0.15) is 0 Å². The monoisotopic (exact) mass is 251 g/mol. The van der Waals surface area contributed by atoms with Gasteiger partial charge in [-0.25, -0.2) is 0 Å². The van der Waals surface area contributed by atoms with Gasteiger partial charge in [-0.15, -0.1) is 0 Å². The molecule has 0 atom stereocenters. The van der Waals surface area contributed by atoms with Crippen molar-refractivity contribution in [3.63, 3.8) is 0 Å². The first-order valence-corrected chi connectivity index (χ1v) is 9.28. The average Bonchev–Trinajstić information content (AvgIpc) is 2.24. The molecule has 0 unspecified atom stereocenters. The normalized spacial score (nSPS) is 12.8. The standard InChI is InChI=1S/C14H25NOSi/c1-14(2,3)17(4,5)16-12-8-10-13-9-6-7-11-15-13/h6-7,9,11H,8,10,12H2,1-5H3. The van der Waals surface area contributed by atoms with Crippen molar-refractivity contribution in [2.24, 2.45) is 0 Å². The third-order valence-corrected chi connectivity index (χ3v) is 8.11. The Morgan fingerprint density at radius 1 is 1.24 bits per heavy atom. The number of hydrogen-bond acceptors (Lipinski definition) is 2. The number of aromatic nitrogens is 1. The number of hydrogen-bond donors (Lipinski definition) is 0. The molecule has 0 bridgehead atoms. The van der Waals surface area contributed by atoms with E-state index in [0.717, 1.165) is 25.1 Å². The highest BCUT2D eigenvalue weighted by Gasteiger charge is 2.36. The van der Waals surface area contributed by atoms with Crippen molar-refractivity contribution in [3.05, 3.63) is 30.1 Å². The van der Waals surface area contributed by atoms with E-state index in [9.17, 15) is 0 Å². The smallest absolute Gasteiger partial charge is 0.191 e. The summed E-state index contributed by atoms with van der Waals surface area (Å²) in [6.07, 6.45) is 3.92. The molecular weight excluding hydrogens is 226 g/mol. The third-order valence-electron chi connectivity index (χ3n) is 3.57. The average molecular weight is 251 g/mol. The Morgan fingerprint density at radius 2 is 1.94 bits per heavy atom. The molecule has 0 spiro atoms. The molecular formula is C14H25NOSi. The topological polar surface area (TPSA) is 22.1 Å². The van der Waals surface area contributed by atoms with Crippen molar-refractivity contribution in [3.8, 4) is 0 Å². The number of nitrogens with zero attached hydrogens (tertiary/aromatic N) is 1. The molecule has 0 aromatic carbocycles. The Balaban J connectivity index is 2.30. The van der Waals surface area contributed by atoms with Gasteiger partial charge in [0.15, 0.2) is 8.32 Å². The summed E-state index contributed by atoms with van der Waals surface area (Å²) in [5, 5.41) is 0.304. The van der Waals surface area contributed by atoms with Gasteiger partial charge in [-0.05, 0) is 43.1 Å². The molecule has 1 rings (SSSR count). The number of aryl methyl sites for hydroxylation is 1. The largest absolute Gasteiger partial charge is 0.417 e. The summed E-state index contributed by atoms with van der Waals surface area (Å²) < 4.78 is 6.13. The highest BCUT2D eigenvalue weighted by Crippen LogP contribution is 2.36. The van der Waals surface area contributed by atoms with Crippen LogP contribution < -0.4 is 0 Å². The van der Waals surface area contributed by atoms with Gasteiger partial charge >= 0.3 is 0 Å². The van der Waals surface area contributed by atoms with Crippen LogP contribution in [0, 0.1) is 0 Å². The van der Waals surface area contributed by atoms with E-state index < -0.39 is 8.32 Å². The van der Waals surface area contributed by atoms with Crippen LogP contribution in [0.3, 0.4) is 0 Å². The van der Waals surface area contributed by atoms with E-state index in [1.807, 2.05) is 18.3 Å². The summed E-state index contributed by atoms with van der Waals surface area (Å²) in [4.78, 5) is 4.32. The summed E-state index contributed by atoms with van der Waals surface area (Å²) in [5.74, 6) is 0. The van der Waals surface area contributed by atoms with Gasteiger partial charge in [0.25, 0.3) is 0 Å². The van der Waals surface area contributed by atoms with Crippen molar-refractivity contribution < 1.29 is 4.43 Å². The van der Waals surface area contributed by atoms with Crippen LogP contribution in [0.1, 0.15) is 32.9 Å². The molecule has 0 saturated carbocycles. The molecule has 3 heteroatoms. The lowest BCUT2D eigenvalue weighted by Gasteiger charge is -2.36. The van der Waals surface area contributed by atoms with Crippen LogP contribution in [0.25, 0.3) is 0 Å². The zero-order valence-electron chi connectivity index (χ0n) is 11.8. The number of rotatable bonds is 5. The van der Waals surface area contributed by atoms with Crippen LogP contribution in [0.15, 0.2) is 24.4 Å². The summed E-state index contributed by atoms with van der Waals surface area (Å²) in [7, 11) is -1.56. The maximum absolute atomic E-state index is 6.13. The molecule has 96 valence electrons. The van der Waals surface area contributed by atoms with Gasteiger partial charge in [-0.2, -0.15) is 0 Å². The molecule has 0 aliphatic heterocycles. The molecule has 0 N–H and O–H groups in total. The molecule has 1 aromatic rings. The first kappa shape index (κ1) is 14.4. The van der Waals surface area contributed by atoms with E-state index in [1.165, 1.54) is 0 Å². The van der Waals surface area contributed by atoms with E-state index in [0.29, 0.717) is 5.04 Å². The van der Waals surface area contributed by atoms with Crippen LogP contribution in [-0.2, 0) is 10.8 Å². The Hall–Kier alpha value is -0.673. The fourth-order valence-electron chi connectivity index (χ4n) is 1.34. The van der Waals surface area contributed by atoms with Crippen molar-refractivity contribution in [2.75, 3.05) is 6.61 Å². The van der Waals surface area contributed by atoms with Gasteiger partial charge in [-0.1, -0.05) is 26.8 Å². The van der Waals surface area contributed by atoms with Crippen LogP contribution in [-0.4, -0.2) is 19.9 Å². The molecule has 1 aromatic heterocycles. The molecule has 0 radical (unpaired) electrons. The second-order valence-electron chi connectivity index (χ2n) is 6.03. The fourth-order valence-corrected chi connectivity index (χ4v) is 2.43. The minimum atomic E-state index is -1.56. The van der Waals surface area contributed by atoms with Crippen molar-refractivity contribution >= 4 is 8.32 Å². The molecule has 0 aliphatic rings. The third kappa shape index (κ3) is 4.60. The molecule has 0 amide bonds. The van der Waals surface area contributed by atoms with E-state index in [4.69, 9.17) is 4.43 Å². The second-order valence-corrected chi connectivity index (χ2v) is 10.8. The molecule has 1 heterocycles. The van der Waals surface area contributed by atoms with E-state index in [-0.39, 0.29) is 0 Å². The first-order chi connectivity index (χ1) is 7.83. The van der Waals surface area contributed by atoms with E-state index in [1.54, 1.807) is 0 Å². The van der Waals surface area contributed by atoms with E-state index >= 15 is 0 Å².